The van der Waals surface area contributed by atoms with Gasteiger partial charge in [0.2, 0.25) is 0 Å². The lowest BCUT2D eigenvalue weighted by atomic mass is 9.82. The van der Waals surface area contributed by atoms with Gasteiger partial charge in [0.25, 0.3) is 5.91 Å². The summed E-state index contributed by atoms with van der Waals surface area (Å²) in [5.41, 5.74) is 3.14. The van der Waals surface area contributed by atoms with Gasteiger partial charge in [-0.2, -0.15) is 0 Å². The molecule has 2 aliphatic rings. The number of nitrogens with one attached hydrogen (secondary N) is 1. The van der Waals surface area contributed by atoms with Crippen LogP contribution >= 0.6 is 23.2 Å². The van der Waals surface area contributed by atoms with Crippen LogP contribution < -0.4 is 10.1 Å². The third kappa shape index (κ3) is 3.42. The zero-order chi connectivity index (χ0) is 20.7. The third-order valence-corrected chi connectivity index (χ3v) is 6.47. The summed E-state index contributed by atoms with van der Waals surface area (Å²) in [6.07, 6.45) is 3.72. The first-order valence-electron chi connectivity index (χ1n) is 9.96. The van der Waals surface area contributed by atoms with E-state index < -0.39 is 0 Å². The van der Waals surface area contributed by atoms with Gasteiger partial charge in [0.15, 0.2) is 6.61 Å². The highest BCUT2D eigenvalue weighted by atomic mass is 35.5. The molecule has 3 aromatic rings. The second-order valence-corrected chi connectivity index (χ2v) is 8.63. The molecule has 5 rings (SSSR count). The van der Waals surface area contributed by atoms with E-state index in [1.54, 1.807) is 24.3 Å². The maximum Gasteiger partial charge on any atom is 0.260 e. The van der Waals surface area contributed by atoms with Crippen LogP contribution in [0.15, 0.2) is 60.8 Å². The van der Waals surface area contributed by atoms with Crippen molar-refractivity contribution in [3.05, 3.63) is 76.5 Å². The molecule has 1 N–H and O–H groups in total. The molecule has 1 saturated heterocycles. The molecule has 7 heteroatoms. The van der Waals surface area contributed by atoms with Crippen molar-refractivity contribution in [2.75, 3.05) is 25.0 Å². The molecule has 5 nitrogen and oxygen atoms in total. The summed E-state index contributed by atoms with van der Waals surface area (Å²) in [5, 5.41) is 5.10. The molecule has 3 heterocycles. The summed E-state index contributed by atoms with van der Waals surface area (Å²) in [6, 6.07) is 17.2. The molecule has 1 spiro atoms. The average molecular weight is 442 g/mol. The standard InChI is InChI=1S/C23H21Cl2N3O2/c24-16-3-6-18(7-4-16)30-15-22(29)27-12-9-23(10-13-27)21-2-1-11-28(21)20-14-17(25)5-8-19(20)26-23/h1-8,11,14,26H,9-10,12-13,15H2. The van der Waals surface area contributed by atoms with Crippen molar-refractivity contribution in [2.24, 2.45) is 0 Å². The average Bonchev–Trinajstić information content (AvgIpc) is 3.26. The van der Waals surface area contributed by atoms with Gasteiger partial charge in [-0.05, 0) is 67.4 Å². The number of amides is 1. The minimum absolute atomic E-state index is 0.00169. The Hall–Kier alpha value is -2.63. The van der Waals surface area contributed by atoms with Gasteiger partial charge in [0.05, 0.1) is 16.9 Å². The zero-order valence-corrected chi connectivity index (χ0v) is 17.8. The number of carbonyl (C=O) groups excluding carboxylic acids is 1. The smallest absolute Gasteiger partial charge is 0.260 e. The number of benzene rings is 2. The van der Waals surface area contributed by atoms with Crippen LogP contribution in [-0.2, 0) is 10.3 Å². The highest BCUT2D eigenvalue weighted by molar-refractivity contribution is 6.31. The van der Waals surface area contributed by atoms with Crippen LogP contribution in [0, 0.1) is 0 Å². The zero-order valence-electron chi connectivity index (χ0n) is 16.3. The van der Waals surface area contributed by atoms with E-state index in [0.717, 1.165) is 24.2 Å². The molecule has 0 unspecified atom stereocenters. The van der Waals surface area contributed by atoms with E-state index in [1.807, 2.05) is 23.1 Å². The molecule has 0 aliphatic carbocycles. The number of likely N-dealkylation sites (tertiary alicyclic amines) is 1. The molecule has 2 aromatic carbocycles. The topological polar surface area (TPSA) is 46.5 Å². The molecule has 1 amide bonds. The Balaban J connectivity index is 1.28. The first-order valence-corrected chi connectivity index (χ1v) is 10.7. The number of nitrogens with zero attached hydrogens (tertiary/aromatic N) is 2. The number of fused-ring (bicyclic) bond motifs is 4. The Morgan fingerprint density at radius 1 is 1.03 bits per heavy atom. The minimum atomic E-state index is -0.196. The van der Waals surface area contributed by atoms with Gasteiger partial charge in [-0.15, -0.1) is 0 Å². The Morgan fingerprint density at radius 3 is 2.53 bits per heavy atom. The summed E-state index contributed by atoms with van der Waals surface area (Å²) in [7, 11) is 0. The number of halogens is 2. The lowest BCUT2D eigenvalue weighted by Gasteiger charge is -2.46. The maximum absolute atomic E-state index is 12.7. The number of ether oxygens (including phenoxy) is 1. The van der Waals surface area contributed by atoms with Crippen LogP contribution in [0.5, 0.6) is 5.75 Å². The fraction of sp³-hybridized carbons (Fsp3) is 0.261. The predicted octanol–water partition coefficient (Wildman–Crippen LogP) is 5.11. The third-order valence-electron chi connectivity index (χ3n) is 5.98. The number of piperidine rings is 1. The van der Waals surface area contributed by atoms with Gasteiger partial charge < -0.3 is 19.5 Å². The number of hydrogen-bond acceptors (Lipinski definition) is 3. The van der Waals surface area contributed by atoms with Crippen LogP contribution in [0.3, 0.4) is 0 Å². The van der Waals surface area contributed by atoms with Gasteiger partial charge >= 0.3 is 0 Å². The molecule has 0 saturated carbocycles. The summed E-state index contributed by atoms with van der Waals surface area (Å²) >= 11 is 12.1. The second kappa shape index (κ2) is 7.56. The van der Waals surface area contributed by atoms with E-state index in [-0.39, 0.29) is 18.1 Å². The van der Waals surface area contributed by atoms with Crippen molar-refractivity contribution in [1.29, 1.82) is 0 Å². The monoisotopic (exact) mass is 441 g/mol. The number of hydrogen-bond donors (Lipinski definition) is 1. The largest absolute Gasteiger partial charge is 0.484 e. The normalized spacial score (nSPS) is 16.5. The number of rotatable bonds is 3. The second-order valence-electron chi connectivity index (χ2n) is 7.76. The summed E-state index contributed by atoms with van der Waals surface area (Å²) in [5.74, 6) is 0.640. The van der Waals surface area contributed by atoms with E-state index in [9.17, 15) is 4.79 Å². The van der Waals surface area contributed by atoms with Gasteiger partial charge in [-0.3, -0.25) is 4.79 Å². The van der Waals surface area contributed by atoms with Crippen LogP contribution in [-0.4, -0.2) is 35.1 Å². The molecule has 0 atom stereocenters. The van der Waals surface area contributed by atoms with Crippen LogP contribution in [0.25, 0.3) is 5.69 Å². The van der Waals surface area contributed by atoms with Crippen molar-refractivity contribution in [3.63, 3.8) is 0 Å². The van der Waals surface area contributed by atoms with Gasteiger partial charge in [0.1, 0.15) is 5.75 Å². The van der Waals surface area contributed by atoms with E-state index in [4.69, 9.17) is 27.9 Å². The molecule has 1 aromatic heterocycles. The van der Waals surface area contributed by atoms with E-state index in [0.29, 0.717) is 28.9 Å². The van der Waals surface area contributed by atoms with E-state index in [1.165, 1.54) is 5.69 Å². The highest BCUT2D eigenvalue weighted by Gasteiger charge is 2.42. The molecule has 1 fully saturated rings. The summed E-state index contributed by atoms with van der Waals surface area (Å²) in [4.78, 5) is 14.6. The molecule has 154 valence electrons. The van der Waals surface area contributed by atoms with Crippen LogP contribution in [0.2, 0.25) is 10.0 Å². The van der Waals surface area contributed by atoms with Gasteiger partial charge in [0, 0.05) is 35.0 Å². The summed E-state index contributed by atoms with van der Waals surface area (Å²) < 4.78 is 7.84. The maximum atomic E-state index is 12.7. The lowest BCUT2D eigenvalue weighted by molar-refractivity contribution is -0.134. The SMILES string of the molecule is O=C(COc1ccc(Cl)cc1)N1CCC2(CC1)Nc1ccc(Cl)cc1-n1cccc12. The molecular weight excluding hydrogens is 421 g/mol. The number of aromatic nitrogens is 1. The molecule has 2 aliphatic heterocycles. The Kier molecular flexibility index (Phi) is 4.88. The number of anilines is 1. The van der Waals surface area contributed by atoms with Crippen molar-refractivity contribution < 1.29 is 9.53 Å². The Morgan fingerprint density at radius 2 is 1.77 bits per heavy atom. The van der Waals surface area contributed by atoms with Crippen LogP contribution in [0.1, 0.15) is 18.5 Å². The molecule has 30 heavy (non-hydrogen) atoms. The Bertz CT molecular complexity index is 1090. The fourth-order valence-corrected chi connectivity index (χ4v) is 4.69. The van der Waals surface area contributed by atoms with Crippen molar-refractivity contribution in [2.45, 2.75) is 18.4 Å². The van der Waals surface area contributed by atoms with E-state index in [2.05, 4.69) is 28.2 Å². The first kappa shape index (κ1) is 19.3. The Labute approximate surface area is 185 Å². The quantitative estimate of drug-likeness (QED) is 0.614. The predicted molar refractivity (Wildman–Crippen MR) is 119 cm³/mol. The van der Waals surface area contributed by atoms with Crippen molar-refractivity contribution in [3.8, 4) is 11.4 Å². The highest BCUT2D eigenvalue weighted by Crippen LogP contribution is 2.44. The molecule has 0 bridgehead atoms. The van der Waals surface area contributed by atoms with Gasteiger partial charge in [-0.1, -0.05) is 23.2 Å². The van der Waals surface area contributed by atoms with Gasteiger partial charge in [-0.25, -0.2) is 0 Å². The van der Waals surface area contributed by atoms with Crippen molar-refractivity contribution >= 4 is 34.8 Å². The van der Waals surface area contributed by atoms with Crippen molar-refractivity contribution in [1.82, 2.24) is 9.47 Å². The first-order chi connectivity index (χ1) is 14.5. The number of carbonyl (C=O) groups is 1. The van der Waals surface area contributed by atoms with Crippen LogP contribution in [0.4, 0.5) is 5.69 Å². The molecular formula is C23H21Cl2N3O2. The minimum Gasteiger partial charge on any atom is -0.484 e. The lowest BCUT2D eigenvalue weighted by Crippen LogP contribution is -2.51. The van der Waals surface area contributed by atoms with E-state index >= 15 is 0 Å². The fourth-order valence-electron chi connectivity index (χ4n) is 4.40. The summed E-state index contributed by atoms with van der Waals surface area (Å²) in [6.45, 7) is 1.37. The molecule has 0 radical (unpaired) electrons.